The van der Waals surface area contributed by atoms with Crippen LogP contribution in [0.3, 0.4) is 0 Å². The van der Waals surface area contributed by atoms with E-state index in [1.165, 1.54) is 0 Å². The molecule has 3 nitrogen and oxygen atoms in total. The maximum Gasteiger partial charge on any atom is 0.151 e. The van der Waals surface area contributed by atoms with Crippen molar-refractivity contribution in [3.05, 3.63) is 24.1 Å². The van der Waals surface area contributed by atoms with E-state index in [2.05, 4.69) is 9.97 Å². The Bertz CT molecular complexity index is 336. The monoisotopic (exact) mass is 165 g/mol. The number of aryl methyl sites for hydroxylation is 1. The van der Waals surface area contributed by atoms with Crippen LogP contribution in [0.25, 0.3) is 10.7 Å². The van der Waals surface area contributed by atoms with E-state index < -0.39 is 0 Å². The molecule has 56 valence electrons. The van der Waals surface area contributed by atoms with Crippen LogP contribution in [0.1, 0.15) is 0 Å². The molecule has 0 saturated carbocycles. The summed E-state index contributed by atoms with van der Waals surface area (Å²) >= 11 is 1.60. The van der Waals surface area contributed by atoms with E-state index in [1.54, 1.807) is 17.5 Å². The van der Waals surface area contributed by atoms with Crippen molar-refractivity contribution in [2.45, 2.75) is 0 Å². The van der Waals surface area contributed by atoms with Crippen LogP contribution >= 0.6 is 11.3 Å². The molecule has 0 aliphatic carbocycles. The highest BCUT2D eigenvalue weighted by Crippen LogP contribution is 2.19. The summed E-state index contributed by atoms with van der Waals surface area (Å²) in [6.45, 7) is 0. The molecule has 0 aromatic carbocycles. The van der Waals surface area contributed by atoms with E-state index in [0.29, 0.717) is 0 Å². The quantitative estimate of drug-likeness (QED) is 0.641. The minimum absolute atomic E-state index is 0.979. The Morgan fingerprint density at radius 3 is 3.00 bits per heavy atom. The molecule has 2 aromatic rings. The minimum atomic E-state index is 0.979. The van der Waals surface area contributed by atoms with Gasteiger partial charge in [-0.2, -0.15) is 0 Å². The van der Waals surface area contributed by atoms with Gasteiger partial charge in [-0.15, -0.1) is 11.3 Å². The third-order valence-electron chi connectivity index (χ3n) is 1.47. The zero-order chi connectivity index (χ0) is 7.68. The summed E-state index contributed by atoms with van der Waals surface area (Å²) in [4.78, 5) is 9.28. The van der Waals surface area contributed by atoms with Gasteiger partial charge in [0.1, 0.15) is 0 Å². The first-order valence-electron chi connectivity index (χ1n) is 3.24. The molecule has 0 amide bonds. The number of hydrogen-bond donors (Lipinski definition) is 0. The van der Waals surface area contributed by atoms with Crippen LogP contribution in [0.2, 0.25) is 0 Å². The van der Waals surface area contributed by atoms with E-state index in [-0.39, 0.29) is 0 Å². The molecule has 0 unspecified atom stereocenters. The summed E-state index contributed by atoms with van der Waals surface area (Å²) < 4.78 is 1.98. The lowest BCUT2D eigenvalue weighted by Crippen LogP contribution is -1.87. The molecule has 2 heterocycles. The van der Waals surface area contributed by atoms with E-state index in [1.807, 2.05) is 29.5 Å². The zero-order valence-electron chi connectivity index (χ0n) is 6.06. The highest BCUT2D eigenvalue weighted by atomic mass is 32.1. The van der Waals surface area contributed by atoms with Crippen LogP contribution in [0, 0.1) is 0 Å². The smallest absolute Gasteiger partial charge is 0.151 e. The van der Waals surface area contributed by atoms with Crippen molar-refractivity contribution in [3.63, 3.8) is 0 Å². The summed E-state index contributed by atoms with van der Waals surface area (Å²) in [5.41, 5.74) is 1.81. The highest BCUT2D eigenvalue weighted by Gasteiger charge is 2.02. The first-order valence-corrected chi connectivity index (χ1v) is 4.12. The summed E-state index contributed by atoms with van der Waals surface area (Å²) in [5.74, 6) is 0.979. The molecule has 0 N–H and O–H groups in total. The Morgan fingerprint density at radius 1 is 1.55 bits per heavy atom. The number of aromatic nitrogens is 3. The Morgan fingerprint density at radius 2 is 2.45 bits per heavy atom. The van der Waals surface area contributed by atoms with Gasteiger partial charge in [0.05, 0.1) is 10.4 Å². The summed E-state index contributed by atoms with van der Waals surface area (Å²) in [6.07, 6.45) is 5.54. The van der Waals surface area contributed by atoms with Crippen molar-refractivity contribution in [3.8, 4) is 10.7 Å². The fourth-order valence-electron chi connectivity index (χ4n) is 0.929. The maximum absolute atomic E-state index is 4.19. The fourth-order valence-corrected chi connectivity index (χ4v) is 1.59. The number of thiazole rings is 1. The zero-order valence-corrected chi connectivity index (χ0v) is 6.88. The Balaban J connectivity index is 2.53. The average Bonchev–Trinajstić information content (AvgIpc) is 2.55. The van der Waals surface area contributed by atoms with Crippen LogP contribution in [0.5, 0.6) is 0 Å². The SMILES string of the molecule is Cn1ccnc1-c1cncs1. The minimum Gasteiger partial charge on any atom is -0.333 e. The lowest BCUT2D eigenvalue weighted by Gasteiger charge is -1.94. The second-order valence-corrected chi connectivity index (χ2v) is 3.11. The normalized spacial score (nSPS) is 10.3. The third-order valence-corrected chi connectivity index (χ3v) is 2.24. The summed E-state index contributed by atoms with van der Waals surface area (Å²) in [7, 11) is 1.97. The lowest BCUT2D eigenvalue weighted by atomic mass is 10.5. The van der Waals surface area contributed by atoms with E-state index >= 15 is 0 Å². The molecule has 0 saturated heterocycles. The van der Waals surface area contributed by atoms with Crippen molar-refractivity contribution in [1.82, 2.24) is 14.5 Å². The maximum atomic E-state index is 4.19. The molecule has 0 radical (unpaired) electrons. The van der Waals surface area contributed by atoms with Crippen molar-refractivity contribution in [2.75, 3.05) is 0 Å². The van der Waals surface area contributed by atoms with Gasteiger partial charge in [-0.3, -0.25) is 4.98 Å². The van der Waals surface area contributed by atoms with E-state index in [0.717, 1.165) is 10.7 Å². The largest absolute Gasteiger partial charge is 0.333 e. The Labute approximate surface area is 68.4 Å². The van der Waals surface area contributed by atoms with Crippen molar-refractivity contribution in [2.24, 2.45) is 7.05 Å². The van der Waals surface area contributed by atoms with Crippen molar-refractivity contribution in [1.29, 1.82) is 0 Å². The van der Waals surface area contributed by atoms with Gasteiger partial charge in [-0.25, -0.2) is 4.98 Å². The lowest BCUT2D eigenvalue weighted by molar-refractivity contribution is 0.927. The number of imidazole rings is 1. The van der Waals surface area contributed by atoms with Crippen molar-refractivity contribution < 1.29 is 0 Å². The fraction of sp³-hybridized carbons (Fsp3) is 0.143. The standard InChI is InChI=1S/C7H7N3S/c1-10-3-2-9-7(10)6-4-8-5-11-6/h2-5H,1H3. The predicted molar refractivity (Wildman–Crippen MR) is 44.3 cm³/mol. The molecule has 0 fully saturated rings. The first kappa shape index (κ1) is 6.54. The number of hydrogen-bond acceptors (Lipinski definition) is 3. The molecule has 4 heteroatoms. The molecule has 2 rings (SSSR count). The second-order valence-electron chi connectivity index (χ2n) is 2.23. The van der Waals surface area contributed by atoms with Gasteiger partial charge in [0, 0.05) is 25.6 Å². The molecule has 0 bridgehead atoms. The van der Waals surface area contributed by atoms with Crippen LogP contribution in [0.15, 0.2) is 24.1 Å². The molecule has 0 aliphatic heterocycles. The molecule has 0 aliphatic rings. The van der Waals surface area contributed by atoms with Crippen LogP contribution < -0.4 is 0 Å². The van der Waals surface area contributed by atoms with Crippen molar-refractivity contribution >= 4 is 11.3 Å². The van der Waals surface area contributed by atoms with Crippen LogP contribution in [-0.2, 0) is 7.05 Å². The molecular formula is C7H7N3S. The molecular weight excluding hydrogens is 158 g/mol. The van der Waals surface area contributed by atoms with Gasteiger partial charge in [-0.1, -0.05) is 0 Å². The van der Waals surface area contributed by atoms with Gasteiger partial charge in [0.15, 0.2) is 5.82 Å². The topological polar surface area (TPSA) is 30.7 Å². The van der Waals surface area contributed by atoms with Gasteiger partial charge in [0.25, 0.3) is 0 Å². The van der Waals surface area contributed by atoms with Gasteiger partial charge in [-0.05, 0) is 0 Å². The summed E-state index contributed by atoms with van der Waals surface area (Å²) in [6, 6.07) is 0. The first-order chi connectivity index (χ1) is 5.38. The molecule has 11 heavy (non-hydrogen) atoms. The Kier molecular flexibility index (Phi) is 1.47. The van der Waals surface area contributed by atoms with Crippen LogP contribution in [-0.4, -0.2) is 14.5 Å². The highest BCUT2D eigenvalue weighted by molar-refractivity contribution is 7.13. The molecule has 0 atom stereocenters. The predicted octanol–water partition coefficient (Wildman–Crippen LogP) is 1.54. The number of nitrogens with zero attached hydrogens (tertiary/aromatic N) is 3. The van der Waals surface area contributed by atoms with Gasteiger partial charge < -0.3 is 4.57 Å². The molecule has 2 aromatic heterocycles. The molecule has 0 spiro atoms. The summed E-state index contributed by atoms with van der Waals surface area (Å²) in [5, 5.41) is 0. The van der Waals surface area contributed by atoms with Crippen LogP contribution in [0.4, 0.5) is 0 Å². The van der Waals surface area contributed by atoms with E-state index in [4.69, 9.17) is 0 Å². The second kappa shape index (κ2) is 2.47. The number of rotatable bonds is 1. The van der Waals surface area contributed by atoms with Gasteiger partial charge in [0.2, 0.25) is 0 Å². The van der Waals surface area contributed by atoms with E-state index in [9.17, 15) is 0 Å². The van der Waals surface area contributed by atoms with Gasteiger partial charge >= 0.3 is 0 Å². The Hall–Kier alpha value is -1.16. The third kappa shape index (κ3) is 1.05. The average molecular weight is 165 g/mol.